The third kappa shape index (κ3) is 4.44. The van der Waals surface area contributed by atoms with Gasteiger partial charge in [0.2, 0.25) is 5.91 Å². The maximum atomic E-state index is 11.9. The third-order valence-corrected chi connectivity index (χ3v) is 2.94. The van der Waals surface area contributed by atoms with Gasteiger partial charge in [-0.3, -0.25) is 9.69 Å². The van der Waals surface area contributed by atoms with Gasteiger partial charge in [-0.05, 0) is 33.0 Å². The van der Waals surface area contributed by atoms with E-state index in [1.165, 1.54) is 0 Å². The number of hydrogen-bond acceptors (Lipinski definition) is 4. The molecule has 1 aromatic rings. The average molecular weight is 266 g/mol. The molecule has 0 aliphatic carbocycles. The summed E-state index contributed by atoms with van der Waals surface area (Å²) in [6, 6.07) is 5.62. The number of anilines is 1. The van der Waals surface area contributed by atoms with Crippen molar-refractivity contribution in [1.29, 1.82) is 0 Å². The molecule has 5 heteroatoms. The summed E-state index contributed by atoms with van der Waals surface area (Å²) < 4.78 is 10.3. The van der Waals surface area contributed by atoms with Gasteiger partial charge in [0.1, 0.15) is 0 Å². The lowest BCUT2D eigenvalue weighted by atomic mass is 10.2. The molecule has 0 heterocycles. The highest BCUT2D eigenvalue weighted by molar-refractivity contribution is 5.92. The molecule has 0 saturated carbocycles. The van der Waals surface area contributed by atoms with Crippen LogP contribution in [0, 0.1) is 0 Å². The molecule has 106 valence electrons. The molecule has 1 aromatic carbocycles. The number of amides is 1. The Hall–Kier alpha value is -1.75. The van der Waals surface area contributed by atoms with Gasteiger partial charge >= 0.3 is 0 Å². The van der Waals surface area contributed by atoms with Crippen molar-refractivity contribution in [3.05, 3.63) is 18.2 Å². The molecule has 0 unspecified atom stereocenters. The van der Waals surface area contributed by atoms with Gasteiger partial charge in [0.05, 0.1) is 20.8 Å². The average Bonchev–Trinajstić information content (AvgIpc) is 2.38. The molecular weight excluding hydrogens is 244 g/mol. The fraction of sp³-hybridized carbons (Fsp3) is 0.500. The maximum absolute atomic E-state index is 11.9. The van der Waals surface area contributed by atoms with E-state index in [0.717, 1.165) is 0 Å². The van der Waals surface area contributed by atoms with Crippen molar-refractivity contribution in [1.82, 2.24) is 4.90 Å². The molecule has 0 bridgehead atoms. The Morgan fingerprint density at radius 1 is 1.26 bits per heavy atom. The Balaban J connectivity index is 2.69. The number of nitrogens with zero attached hydrogens (tertiary/aromatic N) is 1. The van der Waals surface area contributed by atoms with Crippen LogP contribution in [-0.4, -0.2) is 44.7 Å². The minimum Gasteiger partial charge on any atom is -0.493 e. The molecule has 0 fully saturated rings. The minimum atomic E-state index is -0.0524. The monoisotopic (exact) mass is 266 g/mol. The molecule has 0 aliphatic rings. The van der Waals surface area contributed by atoms with Crippen LogP contribution in [0.2, 0.25) is 0 Å². The lowest BCUT2D eigenvalue weighted by Crippen LogP contribution is -2.34. The summed E-state index contributed by atoms with van der Waals surface area (Å²) in [6.07, 6.45) is 0. The molecule has 19 heavy (non-hydrogen) atoms. The Morgan fingerprint density at radius 3 is 2.42 bits per heavy atom. The summed E-state index contributed by atoms with van der Waals surface area (Å²) in [5, 5.41) is 2.84. The molecule has 0 spiro atoms. The standard InChI is InChI=1S/C14H22N2O3/c1-10(2)16(3)9-14(17)15-11-6-7-12(18-4)13(8-11)19-5/h6-8,10H,9H2,1-5H3,(H,15,17). The predicted molar refractivity (Wildman–Crippen MR) is 75.9 cm³/mol. The summed E-state index contributed by atoms with van der Waals surface area (Å²) >= 11 is 0. The van der Waals surface area contributed by atoms with E-state index in [4.69, 9.17) is 9.47 Å². The molecule has 0 radical (unpaired) electrons. The van der Waals surface area contributed by atoms with Crippen LogP contribution in [0.4, 0.5) is 5.69 Å². The van der Waals surface area contributed by atoms with Gasteiger partial charge in [0, 0.05) is 17.8 Å². The van der Waals surface area contributed by atoms with Gasteiger partial charge in [0.25, 0.3) is 0 Å². The van der Waals surface area contributed by atoms with Crippen molar-refractivity contribution in [3.63, 3.8) is 0 Å². The molecule has 0 aromatic heterocycles. The van der Waals surface area contributed by atoms with Gasteiger partial charge in [-0.1, -0.05) is 0 Å². The smallest absolute Gasteiger partial charge is 0.238 e. The van der Waals surface area contributed by atoms with E-state index in [1.807, 2.05) is 25.8 Å². The Labute approximate surface area is 114 Å². The second-order valence-corrected chi connectivity index (χ2v) is 4.63. The topological polar surface area (TPSA) is 50.8 Å². The highest BCUT2D eigenvalue weighted by atomic mass is 16.5. The quantitative estimate of drug-likeness (QED) is 0.855. The number of carbonyl (C=O) groups is 1. The van der Waals surface area contributed by atoms with Crippen LogP contribution in [0.25, 0.3) is 0 Å². The molecular formula is C14H22N2O3. The second kappa shape index (κ2) is 6.99. The largest absolute Gasteiger partial charge is 0.493 e. The summed E-state index contributed by atoms with van der Waals surface area (Å²) in [7, 11) is 5.06. The normalized spacial score (nSPS) is 10.7. The van der Waals surface area contributed by atoms with Crippen LogP contribution < -0.4 is 14.8 Å². The predicted octanol–water partition coefficient (Wildman–Crippen LogP) is 1.98. The number of nitrogens with one attached hydrogen (secondary N) is 1. The third-order valence-electron chi connectivity index (χ3n) is 2.94. The molecule has 5 nitrogen and oxygen atoms in total. The van der Waals surface area contributed by atoms with Gasteiger partial charge in [-0.25, -0.2) is 0 Å². The van der Waals surface area contributed by atoms with Crippen LogP contribution >= 0.6 is 0 Å². The first-order valence-corrected chi connectivity index (χ1v) is 6.20. The number of ether oxygens (including phenoxy) is 2. The zero-order chi connectivity index (χ0) is 14.4. The van der Waals surface area contributed by atoms with Gasteiger partial charge < -0.3 is 14.8 Å². The zero-order valence-corrected chi connectivity index (χ0v) is 12.2. The van der Waals surface area contributed by atoms with E-state index in [1.54, 1.807) is 32.4 Å². The van der Waals surface area contributed by atoms with Gasteiger partial charge in [-0.15, -0.1) is 0 Å². The van der Waals surface area contributed by atoms with Crippen molar-refractivity contribution in [3.8, 4) is 11.5 Å². The van der Waals surface area contributed by atoms with Crippen molar-refractivity contribution in [2.24, 2.45) is 0 Å². The highest BCUT2D eigenvalue weighted by Crippen LogP contribution is 2.29. The van der Waals surface area contributed by atoms with Gasteiger partial charge in [0.15, 0.2) is 11.5 Å². The molecule has 0 atom stereocenters. The molecule has 1 amide bonds. The number of benzene rings is 1. The Bertz CT molecular complexity index is 433. The van der Waals surface area contributed by atoms with Crippen LogP contribution in [0.1, 0.15) is 13.8 Å². The Kier molecular flexibility index (Phi) is 5.63. The first-order chi connectivity index (χ1) is 8.97. The Morgan fingerprint density at radius 2 is 1.89 bits per heavy atom. The van der Waals surface area contributed by atoms with Crippen molar-refractivity contribution < 1.29 is 14.3 Å². The number of carbonyl (C=O) groups excluding carboxylic acids is 1. The maximum Gasteiger partial charge on any atom is 0.238 e. The van der Waals surface area contributed by atoms with Crippen LogP contribution in [0.5, 0.6) is 11.5 Å². The first-order valence-electron chi connectivity index (χ1n) is 6.20. The summed E-state index contributed by atoms with van der Waals surface area (Å²) in [4.78, 5) is 13.8. The SMILES string of the molecule is COc1ccc(NC(=O)CN(C)C(C)C)cc1OC. The summed E-state index contributed by atoms with van der Waals surface area (Å²) in [6.45, 7) is 4.44. The number of likely N-dealkylation sites (N-methyl/N-ethyl adjacent to an activating group) is 1. The minimum absolute atomic E-state index is 0.0524. The lowest BCUT2D eigenvalue weighted by molar-refractivity contribution is -0.117. The fourth-order valence-electron chi connectivity index (χ4n) is 1.52. The van der Waals surface area contributed by atoms with Crippen molar-refractivity contribution >= 4 is 11.6 Å². The first kappa shape index (κ1) is 15.3. The summed E-state index contributed by atoms with van der Waals surface area (Å²) in [5.41, 5.74) is 0.694. The van der Waals surface area contributed by atoms with E-state index in [0.29, 0.717) is 29.8 Å². The zero-order valence-electron chi connectivity index (χ0n) is 12.2. The second-order valence-electron chi connectivity index (χ2n) is 4.63. The van der Waals surface area contributed by atoms with Crippen LogP contribution in [0.3, 0.4) is 0 Å². The van der Waals surface area contributed by atoms with E-state index < -0.39 is 0 Å². The van der Waals surface area contributed by atoms with Crippen molar-refractivity contribution in [2.45, 2.75) is 19.9 Å². The fourth-order valence-corrected chi connectivity index (χ4v) is 1.52. The summed E-state index contributed by atoms with van der Waals surface area (Å²) in [5.74, 6) is 1.18. The molecule has 1 rings (SSSR count). The van der Waals surface area contributed by atoms with Crippen molar-refractivity contribution in [2.75, 3.05) is 33.1 Å². The highest BCUT2D eigenvalue weighted by Gasteiger charge is 2.11. The molecule has 0 saturated heterocycles. The van der Waals surface area contributed by atoms with Gasteiger partial charge in [-0.2, -0.15) is 0 Å². The number of hydrogen-bond donors (Lipinski definition) is 1. The number of rotatable bonds is 6. The van der Waals surface area contributed by atoms with Crippen LogP contribution in [-0.2, 0) is 4.79 Å². The molecule has 1 N–H and O–H groups in total. The van der Waals surface area contributed by atoms with E-state index in [-0.39, 0.29) is 5.91 Å². The van der Waals surface area contributed by atoms with Crippen LogP contribution in [0.15, 0.2) is 18.2 Å². The number of methoxy groups -OCH3 is 2. The van der Waals surface area contributed by atoms with E-state index in [2.05, 4.69) is 5.32 Å². The lowest BCUT2D eigenvalue weighted by Gasteiger charge is -2.20. The molecule has 0 aliphatic heterocycles. The van der Waals surface area contributed by atoms with E-state index >= 15 is 0 Å². The van der Waals surface area contributed by atoms with E-state index in [9.17, 15) is 4.79 Å².